The number of nitrogens with one attached hydrogen (secondary N) is 1. The van der Waals surface area contributed by atoms with E-state index in [0.717, 1.165) is 36.1 Å². The smallest absolute Gasteiger partial charge is 0.334 e. The number of nitrogens with zero attached hydrogens (tertiary/aromatic N) is 2. The molecule has 0 saturated carbocycles. The Hall–Kier alpha value is -2.71. The second kappa shape index (κ2) is 14.3. The molecule has 0 fully saturated rings. The van der Waals surface area contributed by atoms with Crippen molar-refractivity contribution in [3.8, 4) is 11.5 Å². The molecule has 0 aliphatic carbocycles. The SMILES string of the molecule is CCCCCCCCCCCc1noc(-c2ccc(C(NO)[C@H](C)c3ccc(C(F)(F)F)cc3)cc2)n1. The number of rotatable bonds is 15. The van der Waals surface area contributed by atoms with Gasteiger partial charge in [-0.3, -0.25) is 0 Å². The van der Waals surface area contributed by atoms with Crippen molar-refractivity contribution in [2.24, 2.45) is 0 Å². The highest BCUT2D eigenvalue weighted by Gasteiger charge is 2.30. The molecular weight excluding hydrogens is 479 g/mol. The highest BCUT2D eigenvalue weighted by Crippen LogP contribution is 2.34. The second-order valence-corrected chi connectivity index (χ2v) is 9.73. The summed E-state index contributed by atoms with van der Waals surface area (Å²) < 4.78 is 44.1. The summed E-state index contributed by atoms with van der Waals surface area (Å²) in [5, 5.41) is 13.9. The van der Waals surface area contributed by atoms with Gasteiger partial charge in [-0.05, 0) is 41.8 Å². The largest absolute Gasteiger partial charge is 0.416 e. The fourth-order valence-electron chi connectivity index (χ4n) is 4.54. The normalized spacial score (nSPS) is 13.6. The maximum Gasteiger partial charge on any atom is 0.416 e. The van der Waals surface area contributed by atoms with Crippen molar-refractivity contribution in [3.63, 3.8) is 0 Å². The van der Waals surface area contributed by atoms with Crippen molar-refractivity contribution >= 4 is 0 Å². The lowest BCUT2D eigenvalue weighted by atomic mass is 9.88. The van der Waals surface area contributed by atoms with Crippen LogP contribution in [-0.2, 0) is 12.6 Å². The van der Waals surface area contributed by atoms with Gasteiger partial charge in [0.05, 0.1) is 11.6 Å². The summed E-state index contributed by atoms with van der Waals surface area (Å²) in [6, 6.07) is 11.9. The highest BCUT2D eigenvalue weighted by molar-refractivity contribution is 5.53. The van der Waals surface area contributed by atoms with Gasteiger partial charge in [0.2, 0.25) is 0 Å². The van der Waals surface area contributed by atoms with E-state index in [4.69, 9.17) is 4.52 Å². The number of unbranched alkanes of at least 4 members (excludes halogenated alkanes) is 8. The average molecular weight is 518 g/mol. The van der Waals surface area contributed by atoms with Crippen molar-refractivity contribution in [1.82, 2.24) is 15.6 Å². The number of hydrogen-bond acceptors (Lipinski definition) is 5. The van der Waals surface area contributed by atoms with Crippen LogP contribution in [0.4, 0.5) is 13.2 Å². The molecule has 1 unspecified atom stereocenters. The molecular formula is C29H38F3N3O2. The summed E-state index contributed by atoms with van der Waals surface area (Å²) >= 11 is 0. The van der Waals surface area contributed by atoms with Crippen LogP contribution in [0.3, 0.4) is 0 Å². The molecule has 5 nitrogen and oxygen atoms in total. The Labute approximate surface area is 217 Å². The first-order valence-electron chi connectivity index (χ1n) is 13.3. The van der Waals surface area contributed by atoms with Gasteiger partial charge in [-0.2, -0.15) is 23.6 Å². The lowest BCUT2D eigenvalue weighted by molar-refractivity contribution is -0.137. The molecule has 37 heavy (non-hydrogen) atoms. The number of aryl methyl sites for hydroxylation is 1. The molecule has 0 radical (unpaired) electrons. The van der Waals surface area contributed by atoms with E-state index < -0.39 is 17.8 Å². The Bertz CT molecular complexity index is 1050. The van der Waals surface area contributed by atoms with Gasteiger partial charge in [-0.1, -0.05) is 94.6 Å². The van der Waals surface area contributed by atoms with Crippen LogP contribution in [0.1, 0.15) is 106 Å². The monoisotopic (exact) mass is 517 g/mol. The molecule has 202 valence electrons. The quantitative estimate of drug-likeness (QED) is 0.156. The number of alkyl halides is 3. The van der Waals surface area contributed by atoms with Gasteiger partial charge in [0.1, 0.15) is 0 Å². The molecule has 0 spiro atoms. The molecule has 0 aliphatic rings. The first-order chi connectivity index (χ1) is 17.8. The zero-order valence-corrected chi connectivity index (χ0v) is 21.7. The fraction of sp³-hybridized carbons (Fsp3) is 0.517. The van der Waals surface area contributed by atoms with Crippen LogP contribution < -0.4 is 5.48 Å². The zero-order chi connectivity index (χ0) is 26.7. The van der Waals surface area contributed by atoms with E-state index in [9.17, 15) is 18.4 Å². The van der Waals surface area contributed by atoms with Crippen molar-refractivity contribution < 1.29 is 22.9 Å². The summed E-state index contributed by atoms with van der Waals surface area (Å²) in [5.41, 5.74) is 3.84. The van der Waals surface area contributed by atoms with E-state index in [1.807, 2.05) is 31.2 Å². The molecule has 0 amide bonds. The number of hydrogen-bond donors (Lipinski definition) is 2. The first kappa shape index (κ1) is 28.9. The van der Waals surface area contributed by atoms with Crippen LogP contribution >= 0.6 is 0 Å². The zero-order valence-electron chi connectivity index (χ0n) is 21.7. The topological polar surface area (TPSA) is 71.2 Å². The van der Waals surface area contributed by atoms with Crippen molar-refractivity contribution in [1.29, 1.82) is 0 Å². The van der Waals surface area contributed by atoms with E-state index in [2.05, 4.69) is 22.5 Å². The summed E-state index contributed by atoms with van der Waals surface area (Å²) in [7, 11) is 0. The third-order valence-corrected chi connectivity index (χ3v) is 6.89. The number of halogens is 3. The Morgan fingerprint density at radius 3 is 1.97 bits per heavy atom. The summed E-state index contributed by atoms with van der Waals surface area (Å²) in [6.07, 6.45) is 7.76. The van der Waals surface area contributed by atoms with Gasteiger partial charge in [-0.15, -0.1) is 0 Å². The van der Waals surface area contributed by atoms with Gasteiger partial charge in [-0.25, -0.2) is 0 Å². The van der Waals surface area contributed by atoms with E-state index in [1.54, 1.807) is 0 Å². The van der Waals surface area contributed by atoms with Crippen molar-refractivity contribution in [2.75, 3.05) is 0 Å². The number of benzene rings is 2. The summed E-state index contributed by atoms with van der Waals surface area (Å²) in [4.78, 5) is 4.52. The molecule has 0 bridgehead atoms. The Morgan fingerprint density at radius 1 is 0.838 bits per heavy atom. The molecule has 0 saturated heterocycles. The highest BCUT2D eigenvalue weighted by atomic mass is 19.4. The van der Waals surface area contributed by atoms with Gasteiger partial charge >= 0.3 is 6.18 Å². The standard InChI is InChI=1S/C29H38F3N3O2/c1-3-4-5-6-7-8-9-10-11-12-26-33-28(37-35-26)24-15-13-23(14-16-24)27(34-36)21(2)22-17-19-25(20-18-22)29(30,31)32/h13-21,27,34,36H,3-12H2,1-2H3/t21-,27?/m1/s1. The third-order valence-electron chi connectivity index (χ3n) is 6.89. The lowest BCUT2D eigenvalue weighted by Crippen LogP contribution is -2.23. The summed E-state index contributed by atoms with van der Waals surface area (Å²) in [5.74, 6) is 0.874. The van der Waals surface area contributed by atoms with Crippen LogP contribution in [0, 0.1) is 0 Å². The van der Waals surface area contributed by atoms with E-state index in [0.29, 0.717) is 17.3 Å². The number of aromatic nitrogens is 2. The second-order valence-electron chi connectivity index (χ2n) is 9.73. The minimum absolute atomic E-state index is 0.274. The molecule has 2 aromatic carbocycles. The molecule has 3 rings (SSSR count). The maximum absolute atomic E-state index is 12.9. The van der Waals surface area contributed by atoms with Gasteiger partial charge in [0.25, 0.3) is 5.89 Å². The maximum atomic E-state index is 12.9. The predicted molar refractivity (Wildman–Crippen MR) is 138 cm³/mol. The minimum atomic E-state index is -4.38. The van der Waals surface area contributed by atoms with Crippen LogP contribution in [0.2, 0.25) is 0 Å². The summed E-state index contributed by atoms with van der Waals surface area (Å²) in [6.45, 7) is 4.08. The van der Waals surface area contributed by atoms with E-state index in [1.165, 1.54) is 63.5 Å². The Balaban J connectivity index is 1.51. The molecule has 2 atom stereocenters. The third kappa shape index (κ3) is 8.68. The van der Waals surface area contributed by atoms with E-state index in [-0.39, 0.29) is 5.92 Å². The fourth-order valence-corrected chi connectivity index (χ4v) is 4.54. The molecule has 1 heterocycles. The Kier molecular flexibility index (Phi) is 11.1. The molecule has 8 heteroatoms. The van der Waals surface area contributed by atoms with Crippen molar-refractivity contribution in [2.45, 2.75) is 96.2 Å². The van der Waals surface area contributed by atoms with Gasteiger partial charge in [0.15, 0.2) is 5.82 Å². The van der Waals surface area contributed by atoms with Crippen LogP contribution in [0.25, 0.3) is 11.5 Å². The van der Waals surface area contributed by atoms with Crippen LogP contribution in [0.15, 0.2) is 53.1 Å². The van der Waals surface area contributed by atoms with E-state index >= 15 is 0 Å². The predicted octanol–water partition coefficient (Wildman–Crippen LogP) is 8.65. The number of hydroxylamine groups is 1. The lowest BCUT2D eigenvalue weighted by Gasteiger charge is -2.24. The molecule has 2 N–H and O–H groups in total. The average Bonchev–Trinajstić information content (AvgIpc) is 3.37. The first-order valence-corrected chi connectivity index (χ1v) is 13.3. The molecule has 0 aliphatic heterocycles. The molecule has 1 aromatic heterocycles. The van der Waals surface area contributed by atoms with Crippen LogP contribution in [-0.4, -0.2) is 15.3 Å². The van der Waals surface area contributed by atoms with Crippen LogP contribution in [0.5, 0.6) is 0 Å². The molecule has 3 aromatic rings. The van der Waals surface area contributed by atoms with Crippen molar-refractivity contribution in [3.05, 3.63) is 71.0 Å². The van der Waals surface area contributed by atoms with Gasteiger partial charge in [0, 0.05) is 17.9 Å². The minimum Gasteiger partial charge on any atom is -0.334 e. The Morgan fingerprint density at radius 2 is 1.41 bits per heavy atom. The van der Waals surface area contributed by atoms with Gasteiger partial charge < -0.3 is 9.73 Å².